The quantitative estimate of drug-likeness (QED) is 0.751. The normalized spacial score (nSPS) is 25.7. The molecule has 1 aromatic rings. The minimum atomic E-state index is 0.531. The maximum atomic E-state index is 4.42. The molecule has 2 nitrogen and oxygen atoms in total. The van der Waals surface area contributed by atoms with Gasteiger partial charge in [-0.3, -0.25) is 0 Å². The van der Waals surface area contributed by atoms with Crippen LogP contribution in [0.3, 0.4) is 0 Å². The average Bonchev–Trinajstić information content (AvgIpc) is 2.98. The molecule has 1 aliphatic heterocycles. The number of nitrogens with one attached hydrogen (secondary N) is 1. The molecule has 1 N–H and O–H groups in total. The Morgan fingerprint density at radius 3 is 2.64 bits per heavy atom. The SMILES string of the molecule is c1ccc(C2CNN=C2C2CC2)cc1. The van der Waals surface area contributed by atoms with E-state index in [9.17, 15) is 0 Å². The Balaban J connectivity index is 1.88. The monoisotopic (exact) mass is 186 g/mol. The van der Waals surface area contributed by atoms with Crippen LogP contribution in [0.4, 0.5) is 0 Å². The first-order valence-electron chi connectivity index (χ1n) is 5.30. The van der Waals surface area contributed by atoms with Crippen molar-refractivity contribution in [2.45, 2.75) is 18.8 Å². The fraction of sp³-hybridized carbons (Fsp3) is 0.417. The molecule has 0 aromatic heterocycles. The summed E-state index contributed by atoms with van der Waals surface area (Å²) in [5, 5.41) is 4.42. The highest BCUT2D eigenvalue weighted by molar-refractivity contribution is 5.95. The van der Waals surface area contributed by atoms with Crippen molar-refractivity contribution >= 4 is 5.71 Å². The van der Waals surface area contributed by atoms with Gasteiger partial charge in [0.2, 0.25) is 0 Å². The lowest BCUT2D eigenvalue weighted by Gasteiger charge is -2.11. The van der Waals surface area contributed by atoms with E-state index >= 15 is 0 Å². The summed E-state index contributed by atoms with van der Waals surface area (Å²) >= 11 is 0. The van der Waals surface area contributed by atoms with E-state index in [2.05, 4.69) is 40.9 Å². The van der Waals surface area contributed by atoms with Crippen molar-refractivity contribution in [1.29, 1.82) is 0 Å². The van der Waals surface area contributed by atoms with Gasteiger partial charge in [-0.15, -0.1) is 0 Å². The van der Waals surface area contributed by atoms with Crippen molar-refractivity contribution in [3.63, 3.8) is 0 Å². The van der Waals surface area contributed by atoms with Crippen molar-refractivity contribution < 1.29 is 0 Å². The van der Waals surface area contributed by atoms with Gasteiger partial charge in [-0.25, -0.2) is 0 Å². The van der Waals surface area contributed by atoms with Crippen LogP contribution in [0.25, 0.3) is 0 Å². The summed E-state index contributed by atoms with van der Waals surface area (Å²) in [5.41, 5.74) is 5.92. The summed E-state index contributed by atoms with van der Waals surface area (Å²) in [6, 6.07) is 10.7. The maximum absolute atomic E-state index is 4.42. The highest BCUT2D eigenvalue weighted by atomic mass is 15.3. The first-order chi connectivity index (χ1) is 6.95. The summed E-state index contributed by atoms with van der Waals surface area (Å²) in [4.78, 5) is 0. The fourth-order valence-corrected chi connectivity index (χ4v) is 2.14. The molecule has 0 saturated heterocycles. The topological polar surface area (TPSA) is 24.4 Å². The predicted molar refractivity (Wildman–Crippen MR) is 57.3 cm³/mol. The second kappa shape index (κ2) is 3.12. The molecule has 0 bridgehead atoms. The van der Waals surface area contributed by atoms with Crippen LogP contribution in [-0.2, 0) is 0 Å². The van der Waals surface area contributed by atoms with Gasteiger partial charge in [0.25, 0.3) is 0 Å². The van der Waals surface area contributed by atoms with E-state index in [-0.39, 0.29) is 0 Å². The van der Waals surface area contributed by atoms with Crippen molar-refractivity contribution in [3.8, 4) is 0 Å². The van der Waals surface area contributed by atoms with E-state index in [1.54, 1.807) is 0 Å². The molecule has 1 atom stereocenters. The summed E-state index contributed by atoms with van der Waals surface area (Å²) in [6.45, 7) is 0.982. The first kappa shape index (κ1) is 8.04. The van der Waals surface area contributed by atoms with Crippen LogP contribution < -0.4 is 5.43 Å². The zero-order chi connectivity index (χ0) is 9.38. The summed E-state index contributed by atoms with van der Waals surface area (Å²) in [5.74, 6) is 1.30. The van der Waals surface area contributed by atoms with Crippen LogP contribution in [-0.4, -0.2) is 12.3 Å². The van der Waals surface area contributed by atoms with Crippen molar-refractivity contribution in [1.82, 2.24) is 5.43 Å². The van der Waals surface area contributed by atoms with Crippen molar-refractivity contribution in [2.24, 2.45) is 11.0 Å². The first-order valence-corrected chi connectivity index (χ1v) is 5.30. The Morgan fingerprint density at radius 2 is 1.93 bits per heavy atom. The molecule has 1 aliphatic carbocycles. The third-order valence-corrected chi connectivity index (χ3v) is 3.06. The Kier molecular flexibility index (Phi) is 1.79. The van der Waals surface area contributed by atoms with E-state index in [1.807, 2.05) is 0 Å². The second-order valence-electron chi connectivity index (χ2n) is 4.14. The van der Waals surface area contributed by atoms with Crippen LogP contribution in [0.5, 0.6) is 0 Å². The summed E-state index contributed by atoms with van der Waals surface area (Å²) in [7, 11) is 0. The molecule has 0 amide bonds. The molecule has 0 radical (unpaired) electrons. The minimum absolute atomic E-state index is 0.531. The molecule has 1 saturated carbocycles. The molecule has 0 spiro atoms. The third kappa shape index (κ3) is 1.31. The van der Waals surface area contributed by atoms with Crippen LogP contribution in [0.2, 0.25) is 0 Å². The molecule has 3 rings (SSSR count). The van der Waals surface area contributed by atoms with Crippen molar-refractivity contribution in [3.05, 3.63) is 35.9 Å². The van der Waals surface area contributed by atoms with Crippen LogP contribution in [0.1, 0.15) is 24.3 Å². The number of nitrogens with zero attached hydrogens (tertiary/aromatic N) is 1. The number of benzene rings is 1. The lowest BCUT2D eigenvalue weighted by atomic mass is 9.92. The molecule has 1 fully saturated rings. The Labute approximate surface area is 84.0 Å². The van der Waals surface area contributed by atoms with Gasteiger partial charge >= 0.3 is 0 Å². The minimum Gasteiger partial charge on any atom is -0.309 e. The van der Waals surface area contributed by atoms with Gasteiger partial charge in [-0.05, 0) is 24.3 Å². The van der Waals surface area contributed by atoms with Gasteiger partial charge in [0, 0.05) is 12.5 Å². The lowest BCUT2D eigenvalue weighted by Crippen LogP contribution is -2.14. The van der Waals surface area contributed by atoms with Gasteiger partial charge in [-0.2, -0.15) is 5.10 Å². The number of hydrazone groups is 1. The molecule has 1 unspecified atom stereocenters. The Bertz CT molecular complexity index is 352. The Morgan fingerprint density at radius 1 is 1.14 bits per heavy atom. The van der Waals surface area contributed by atoms with E-state index in [0.717, 1.165) is 12.5 Å². The molecule has 1 aromatic carbocycles. The van der Waals surface area contributed by atoms with Gasteiger partial charge in [0.05, 0.1) is 5.71 Å². The zero-order valence-electron chi connectivity index (χ0n) is 8.11. The van der Waals surface area contributed by atoms with Gasteiger partial charge in [0.1, 0.15) is 0 Å². The highest BCUT2D eigenvalue weighted by Crippen LogP contribution is 2.37. The molecular weight excluding hydrogens is 172 g/mol. The van der Waals surface area contributed by atoms with E-state index in [4.69, 9.17) is 0 Å². The molecule has 72 valence electrons. The van der Waals surface area contributed by atoms with E-state index < -0.39 is 0 Å². The number of hydrogen-bond donors (Lipinski definition) is 1. The van der Waals surface area contributed by atoms with Gasteiger partial charge in [0.15, 0.2) is 0 Å². The second-order valence-corrected chi connectivity index (χ2v) is 4.14. The number of hydrogen-bond acceptors (Lipinski definition) is 2. The summed E-state index contributed by atoms with van der Waals surface area (Å²) < 4.78 is 0. The van der Waals surface area contributed by atoms with Crippen LogP contribution in [0.15, 0.2) is 35.4 Å². The smallest absolute Gasteiger partial charge is 0.0502 e. The van der Waals surface area contributed by atoms with Crippen LogP contribution in [0, 0.1) is 5.92 Å². The molecule has 14 heavy (non-hydrogen) atoms. The summed E-state index contributed by atoms with van der Waals surface area (Å²) in [6.07, 6.45) is 2.67. The van der Waals surface area contributed by atoms with Gasteiger partial charge < -0.3 is 5.43 Å². The maximum Gasteiger partial charge on any atom is 0.0502 e. The van der Waals surface area contributed by atoms with Crippen molar-refractivity contribution in [2.75, 3.05) is 6.54 Å². The predicted octanol–water partition coefficient (Wildman–Crippen LogP) is 2.14. The van der Waals surface area contributed by atoms with E-state index in [1.165, 1.54) is 24.1 Å². The molecule has 2 heteroatoms. The van der Waals surface area contributed by atoms with Gasteiger partial charge in [-0.1, -0.05) is 30.3 Å². The fourth-order valence-electron chi connectivity index (χ4n) is 2.14. The molecule has 1 heterocycles. The van der Waals surface area contributed by atoms with E-state index in [0.29, 0.717) is 5.92 Å². The lowest BCUT2D eigenvalue weighted by molar-refractivity contribution is 0.762. The molecule has 2 aliphatic rings. The van der Waals surface area contributed by atoms with Crippen LogP contribution >= 0.6 is 0 Å². The average molecular weight is 186 g/mol. The largest absolute Gasteiger partial charge is 0.309 e. The number of rotatable bonds is 2. The Hall–Kier alpha value is -1.31. The highest BCUT2D eigenvalue weighted by Gasteiger charge is 2.35. The standard InChI is InChI=1S/C12H14N2/c1-2-4-9(5-3-1)11-8-13-14-12(11)10-6-7-10/h1-5,10-11,13H,6-8H2. The molecular formula is C12H14N2. The zero-order valence-corrected chi connectivity index (χ0v) is 8.11. The third-order valence-electron chi connectivity index (χ3n) is 3.06.